The van der Waals surface area contributed by atoms with E-state index in [1.54, 1.807) is 4.68 Å². The van der Waals surface area contributed by atoms with E-state index in [4.69, 9.17) is 5.73 Å². The first kappa shape index (κ1) is 16.6. The molecule has 2 aromatic heterocycles. The zero-order valence-electron chi connectivity index (χ0n) is 14.3. The molecule has 3 rings (SSSR count). The summed E-state index contributed by atoms with van der Waals surface area (Å²) in [4.78, 5) is 22.7. The quantitative estimate of drug-likeness (QED) is 0.885. The van der Waals surface area contributed by atoms with Crippen LogP contribution < -0.4 is 5.73 Å². The van der Waals surface area contributed by atoms with Crippen LogP contribution in [0, 0.1) is 6.92 Å². The van der Waals surface area contributed by atoms with Crippen LogP contribution in [0.5, 0.6) is 0 Å². The second-order valence-electron chi connectivity index (χ2n) is 6.47. The van der Waals surface area contributed by atoms with E-state index >= 15 is 0 Å². The Morgan fingerprint density at radius 3 is 2.88 bits per heavy atom. The number of hydrogen-bond donors (Lipinski definition) is 1. The van der Waals surface area contributed by atoms with Gasteiger partial charge in [-0.05, 0) is 45.5 Å². The Kier molecular flexibility index (Phi) is 4.89. The van der Waals surface area contributed by atoms with Gasteiger partial charge in [-0.1, -0.05) is 12.5 Å². The van der Waals surface area contributed by atoms with Gasteiger partial charge in [-0.2, -0.15) is 4.68 Å². The van der Waals surface area contributed by atoms with Crippen LogP contribution in [0.15, 0.2) is 18.2 Å². The number of amides is 1. The Balaban J connectivity index is 1.93. The largest absolute Gasteiger partial charge is 0.369 e. The van der Waals surface area contributed by atoms with E-state index in [1.807, 2.05) is 25.1 Å². The molecule has 24 heavy (non-hydrogen) atoms. The Hall–Kier alpha value is -2.28. The normalized spacial score (nSPS) is 18.7. The number of nitrogens with zero attached hydrogens (tertiary/aromatic N) is 5. The molecule has 7 nitrogen and oxygen atoms in total. The van der Waals surface area contributed by atoms with Crippen molar-refractivity contribution < 1.29 is 4.79 Å². The van der Waals surface area contributed by atoms with E-state index in [9.17, 15) is 4.79 Å². The number of hydrogen-bond acceptors (Lipinski definition) is 5. The van der Waals surface area contributed by atoms with E-state index in [2.05, 4.69) is 27.0 Å². The zero-order valence-corrected chi connectivity index (χ0v) is 14.3. The van der Waals surface area contributed by atoms with Crippen molar-refractivity contribution in [1.29, 1.82) is 0 Å². The van der Waals surface area contributed by atoms with Gasteiger partial charge in [0.2, 0.25) is 5.91 Å². The lowest BCUT2D eigenvalue weighted by molar-refractivity contribution is -0.117. The molecule has 7 heteroatoms. The van der Waals surface area contributed by atoms with Crippen molar-refractivity contribution in [2.75, 3.05) is 13.6 Å². The number of aromatic nitrogens is 4. The molecule has 2 N–H and O–H groups in total. The summed E-state index contributed by atoms with van der Waals surface area (Å²) in [5.74, 6) is 1.60. The first-order valence-corrected chi connectivity index (χ1v) is 8.40. The predicted molar refractivity (Wildman–Crippen MR) is 90.8 cm³/mol. The third kappa shape index (κ3) is 3.79. The number of piperidine rings is 1. The Morgan fingerprint density at radius 1 is 1.33 bits per heavy atom. The molecule has 2 aromatic rings. The van der Waals surface area contributed by atoms with Gasteiger partial charge in [-0.25, -0.2) is 9.97 Å². The standard InChI is InChI=1S/C17H24N6O/c1-12-6-5-8-16(19-12)23-17(20-15(21-23)11-14(18)24)10-13-7-3-4-9-22(13)2/h5-6,8,13H,3-4,7,9-11H2,1-2H3,(H2,18,24). The van der Waals surface area contributed by atoms with Gasteiger partial charge in [0.1, 0.15) is 5.82 Å². The molecule has 1 atom stereocenters. The Morgan fingerprint density at radius 2 is 2.17 bits per heavy atom. The molecular formula is C17H24N6O. The van der Waals surface area contributed by atoms with Gasteiger partial charge in [0.05, 0.1) is 6.42 Å². The fourth-order valence-corrected chi connectivity index (χ4v) is 3.20. The average Bonchev–Trinajstić information content (AvgIpc) is 2.91. The third-order valence-electron chi connectivity index (χ3n) is 4.48. The summed E-state index contributed by atoms with van der Waals surface area (Å²) in [5.41, 5.74) is 6.22. The average molecular weight is 328 g/mol. The molecule has 0 radical (unpaired) electrons. The van der Waals surface area contributed by atoms with Crippen LogP contribution in [-0.4, -0.2) is 50.2 Å². The molecule has 0 aliphatic carbocycles. The number of carbonyl (C=O) groups excluding carboxylic acids is 1. The molecule has 0 spiro atoms. The number of nitrogens with two attached hydrogens (primary N) is 1. The van der Waals surface area contributed by atoms with Gasteiger partial charge in [0.25, 0.3) is 0 Å². The fraction of sp³-hybridized carbons (Fsp3) is 0.529. The summed E-state index contributed by atoms with van der Waals surface area (Å²) in [6.45, 7) is 3.05. The fourth-order valence-electron chi connectivity index (χ4n) is 3.20. The summed E-state index contributed by atoms with van der Waals surface area (Å²) in [6, 6.07) is 6.24. The van der Waals surface area contributed by atoms with Crippen molar-refractivity contribution in [3.63, 3.8) is 0 Å². The number of primary amides is 1. The summed E-state index contributed by atoms with van der Waals surface area (Å²) >= 11 is 0. The van der Waals surface area contributed by atoms with Crippen LogP contribution in [0.25, 0.3) is 5.82 Å². The van der Waals surface area contributed by atoms with Crippen LogP contribution in [0.1, 0.15) is 36.6 Å². The number of rotatable bonds is 5. The molecule has 3 heterocycles. The molecule has 1 unspecified atom stereocenters. The summed E-state index contributed by atoms with van der Waals surface area (Å²) in [7, 11) is 2.15. The van der Waals surface area contributed by atoms with Gasteiger partial charge in [0.15, 0.2) is 11.6 Å². The minimum atomic E-state index is -0.425. The van der Waals surface area contributed by atoms with Gasteiger partial charge in [-0.3, -0.25) is 4.79 Å². The minimum absolute atomic E-state index is 0.0479. The molecule has 1 saturated heterocycles. The molecule has 0 bridgehead atoms. The van der Waals surface area contributed by atoms with Crippen LogP contribution in [0.2, 0.25) is 0 Å². The summed E-state index contributed by atoms with van der Waals surface area (Å²) in [5, 5.41) is 4.48. The van der Waals surface area contributed by atoms with Crippen molar-refractivity contribution in [3.8, 4) is 5.82 Å². The van der Waals surface area contributed by atoms with E-state index in [-0.39, 0.29) is 6.42 Å². The molecule has 1 aliphatic rings. The highest BCUT2D eigenvalue weighted by Crippen LogP contribution is 2.20. The molecule has 1 aliphatic heterocycles. The molecule has 0 saturated carbocycles. The maximum absolute atomic E-state index is 11.2. The topological polar surface area (TPSA) is 89.9 Å². The summed E-state index contributed by atoms with van der Waals surface area (Å²) < 4.78 is 1.76. The van der Waals surface area contributed by atoms with Crippen LogP contribution in [-0.2, 0) is 17.6 Å². The smallest absolute Gasteiger partial charge is 0.225 e. The number of carbonyl (C=O) groups is 1. The van der Waals surface area contributed by atoms with E-state index in [0.717, 1.165) is 36.7 Å². The van der Waals surface area contributed by atoms with Crippen molar-refractivity contribution in [2.24, 2.45) is 5.73 Å². The molecule has 0 aromatic carbocycles. The first-order chi connectivity index (χ1) is 11.5. The van der Waals surface area contributed by atoms with Crippen molar-refractivity contribution in [2.45, 2.75) is 45.1 Å². The zero-order chi connectivity index (χ0) is 17.1. The molecule has 128 valence electrons. The second kappa shape index (κ2) is 7.09. The monoisotopic (exact) mass is 328 g/mol. The van der Waals surface area contributed by atoms with Crippen LogP contribution in [0.4, 0.5) is 0 Å². The number of pyridine rings is 1. The van der Waals surface area contributed by atoms with Crippen molar-refractivity contribution >= 4 is 5.91 Å². The second-order valence-corrected chi connectivity index (χ2v) is 6.47. The lowest BCUT2D eigenvalue weighted by atomic mass is 10.00. The maximum Gasteiger partial charge on any atom is 0.225 e. The SMILES string of the molecule is Cc1cccc(-n2nc(CC(N)=O)nc2CC2CCCCN2C)n1. The lowest BCUT2D eigenvalue weighted by Gasteiger charge is -2.32. The van der Waals surface area contributed by atoms with E-state index in [1.165, 1.54) is 12.8 Å². The Labute approximate surface area is 141 Å². The van der Waals surface area contributed by atoms with Gasteiger partial charge < -0.3 is 10.6 Å². The first-order valence-electron chi connectivity index (χ1n) is 8.40. The van der Waals surface area contributed by atoms with Crippen molar-refractivity contribution in [1.82, 2.24) is 24.6 Å². The highest BCUT2D eigenvalue weighted by molar-refractivity contribution is 5.75. The minimum Gasteiger partial charge on any atom is -0.369 e. The number of likely N-dealkylation sites (N-methyl/N-ethyl adjacent to an activating group) is 1. The van der Waals surface area contributed by atoms with Gasteiger partial charge in [0, 0.05) is 18.2 Å². The number of likely N-dealkylation sites (tertiary alicyclic amines) is 1. The van der Waals surface area contributed by atoms with Crippen LogP contribution >= 0.6 is 0 Å². The number of aryl methyl sites for hydroxylation is 1. The Bertz CT molecular complexity index is 726. The highest BCUT2D eigenvalue weighted by atomic mass is 16.1. The molecule has 1 fully saturated rings. The predicted octanol–water partition coefficient (Wildman–Crippen LogP) is 1.03. The lowest BCUT2D eigenvalue weighted by Crippen LogP contribution is -2.38. The highest BCUT2D eigenvalue weighted by Gasteiger charge is 2.23. The van der Waals surface area contributed by atoms with Crippen molar-refractivity contribution in [3.05, 3.63) is 35.5 Å². The van der Waals surface area contributed by atoms with Crippen LogP contribution in [0.3, 0.4) is 0 Å². The van der Waals surface area contributed by atoms with Gasteiger partial charge >= 0.3 is 0 Å². The van der Waals surface area contributed by atoms with Gasteiger partial charge in [-0.15, -0.1) is 5.10 Å². The van der Waals surface area contributed by atoms with E-state index < -0.39 is 5.91 Å². The molecular weight excluding hydrogens is 304 g/mol. The third-order valence-corrected chi connectivity index (χ3v) is 4.48. The van der Waals surface area contributed by atoms with E-state index in [0.29, 0.717) is 11.9 Å². The molecule has 1 amide bonds. The maximum atomic E-state index is 11.2. The summed E-state index contributed by atoms with van der Waals surface area (Å²) in [6.07, 6.45) is 4.46.